The SMILES string of the molecule is CO[C@H]1NC(=O)c2cc(Br)c(Br)n2[C@@H]1CCO. The Morgan fingerprint density at radius 3 is 2.88 bits per heavy atom. The van der Waals surface area contributed by atoms with E-state index in [4.69, 9.17) is 9.84 Å². The van der Waals surface area contributed by atoms with Gasteiger partial charge in [0.05, 0.1) is 10.5 Å². The fourth-order valence-electron chi connectivity index (χ4n) is 2.03. The summed E-state index contributed by atoms with van der Waals surface area (Å²) in [6, 6.07) is 1.62. The second kappa shape index (κ2) is 5.09. The number of carbonyl (C=O) groups excluding carboxylic acids is 1. The minimum absolute atomic E-state index is 0.0298. The van der Waals surface area contributed by atoms with E-state index in [1.54, 1.807) is 6.07 Å². The molecule has 0 aliphatic carbocycles. The average Bonchev–Trinajstić information content (AvgIpc) is 2.60. The molecule has 1 aliphatic rings. The molecular formula is C10H12Br2N2O3. The average molecular weight is 368 g/mol. The van der Waals surface area contributed by atoms with Gasteiger partial charge in [-0.1, -0.05) is 0 Å². The quantitative estimate of drug-likeness (QED) is 0.853. The number of hydrogen-bond donors (Lipinski definition) is 2. The predicted molar refractivity (Wildman–Crippen MR) is 68.8 cm³/mol. The number of rotatable bonds is 3. The number of nitrogens with one attached hydrogen (secondary N) is 1. The molecule has 1 aromatic heterocycles. The van der Waals surface area contributed by atoms with Crippen LogP contribution in [0.4, 0.5) is 0 Å². The van der Waals surface area contributed by atoms with Gasteiger partial charge in [0.15, 0.2) is 6.23 Å². The maximum Gasteiger partial charge on any atom is 0.270 e. The van der Waals surface area contributed by atoms with Crippen LogP contribution in [0.15, 0.2) is 15.1 Å². The van der Waals surface area contributed by atoms with Crippen LogP contribution in [0.5, 0.6) is 0 Å². The number of amides is 1. The van der Waals surface area contributed by atoms with Crippen LogP contribution in [-0.4, -0.2) is 35.5 Å². The van der Waals surface area contributed by atoms with E-state index >= 15 is 0 Å². The minimum atomic E-state index is -0.433. The summed E-state index contributed by atoms with van der Waals surface area (Å²) in [4.78, 5) is 11.9. The molecule has 0 saturated heterocycles. The lowest BCUT2D eigenvalue weighted by Crippen LogP contribution is -2.48. The summed E-state index contributed by atoms with van der Waals surface area (Å²) in [5.74, 6) is -0.183. The van der Waals surface area contributed by atoms with Crippen LogP contribution in [0.2, 0.25) is 0 Å². The van der Waals surface area contributed by atoms with Crippen molar-refractivity contribution in [2.45, 2.75) is 18.7 Å². The number of ether oxygens (including phenoxy) is 1. The van der Waals surface area contributed by atoms with Gasteiger partial charge in [-0.15, -0.1) is 0 Å². The van der Waals surface area contributed by atoms with Gasteiger partial charge in [-0.3, -0.25) is 4.79 Å². The van der Waals surface area contributed by atoms with Crippen LogP contribution in [0.3, 0.4) is 0 Å². The highest BCUT2D eigenvalue weighted by atomic mass is 79.9. The molecule has 94 valence electrons. The zero-order valence-electron chi connectivity index (χ0n) is 9.11. The molecule has 1 amide bonds. The number of nitrogens with zero attached hydrogens (tertiary/aromatic N) is 1. The van der Waals surface area contributed by atoms with Crippen LogP contribution in [0.1, 0.15) is 23.0 Å². The normalized spacial score (nSPS) is 23.4. The van der Waals surface area contributed by atoms with Crippen molar-refractivity contribution in [1.82, 2.24) is 9.88 Å². The lowest BCUT2D eigenvalue weighted by molar-refractivity contribution is 0.0101. The van der Waals surface area contributed by atoms with Gasteiger partial charge in [0, 0.05) is 13.7 Å². The monoisotopic (exact) mass is 366 g/mol. The van der Waals surface area contributed by atoms with Gasteiger partial charge < -0.3 is 19.7 Å². The molecule has 0 spiro atoms. The van der Waals surface area contributed by atoms with Crippen molar-refractivity contribution >= 4 is 37.8 Å². The van der Waals surface area contributed by atoms with E-state index in [-0.39, 0.29) is 18.6 Å². The Balaban J connectivity index is 2.50. The third kappa shape index (κ3) is 2.16. The molecule has 1 aliphatic heterocycles. The van der Waals surface area contributed by atoms with Crippen molar-refractivity contribution < 1.29 is 14.6 Å². The number of aromatic nitrogens is 1. The van der Waals surface area contributed by atoms with Crippen LogP contribution in [-0.2, 0) is 4.74 Å². The van der Waals surface area contributed by atoms with E-state index in [1.165, 1.54) is 7.11 Å². The molecule has 7 heteroatoms. The van der Waals surface area contributed by atoms with Gasteiger partial charge in [-0.05, 0) is 44.3 Å². The Kier molecular flexibility index (Phi) is 3.92. The first-order valence-corrected chi connectivity index (χ1v) is 6.69. The Labute approximate surface area is 115 Å². The molecule has 17 heavy (non-hydrogen) atoms. The Morgan fingerprint density at radius 2 is 2.29 bits per heavy atom. The van der Waals surface area contributed by atoms with Crippen molar-refractivity contribution in [3.8, 4) is 0 Å². The van der Waals surface area contributed by atoms with E-state index in [0.29, 0.717) is 12.1 Å². The minimum Gasteiger partial charge on any atom is -0.396 e. The highest BCUT2D eigenvalue weighted by molar-refractivity contribution is 9.13. The van der Waals surface area contributed by atoms with Crippen molar-refractivity contribution in [3.05, 3.63) is 20.8 Å². The number of methoxy groups -OCH3 is 1. The molecule has 1 aromatic rings. The second-order valence-corrected chi connectivity index (χ2v) is 5.35. The van der Waals surface area contributed by atoms with Crippen LogP contribution in [0, 0.1) is 0 Å². The predicted octanol–water partition coefficient (Wildman–Crippen LogP) is 1.65. The third-order valence-electron chi connectivity index (χ3n) is 2.80. The fraction of sp³-hybridized carbons (Fsp3) is 0.500. The van der Waals surface area contributed by atoms with Crippen molar-refractivity contribution in [1.29, 1.82) is 0 Å². The third-order valence-corrected chi connectivity index (χ3v) is 4.74. The largest absolute Gasteiger partial charge is 0.396 e. The van der Waals surface area contributed by atoms with E-state index < -0.39 is 6.23 Å². The van der Waals surface area contributed by atoms with Gasteiger partial charge in [0.1, 0.15) is 10.3 Å². The molecule has 0 aromatic carbocycles. The number of hydrogen-bond acceptors (Lipinski definition) is 3. The molecule has 0 fully saturated rings. The number of aliphatic hydroxyl groups excluding tert-OH is 1. The van der Waals surface area contributed by atoms with Gasteiger partial charge in [-0.2, -0.15) is 0 Å². The molecule has 0 unspecified atom stereocenters. The summed E-state index contributed by atoms with van der Waals surface area (Å²) >= 11 is 6.80. The Bertz CT molecular complexity index is 447. The smallest absolute Gasteiger partial charge is 0.270 e. The summed E-state index contributed by atoms with van der Waals surface area (Å²) in [7, 11) is 1.53. The summed E-state index contributed by atoms with van der Waals surface area (Å²) < 4.78 is 8.68. The highest BCUT2D eigenvalue weighted by Gasteiger charge is 2.35. The molecule has 2 rings (SSSR count). The summed E-state index contributed by atoms with van der Waals surface area (Å²) in [6.45, 7) is 0.0298. The van der Waals surface area contributed by atoms with Crippen LogP contribution >= 0.6 is 31.9 Å². The van der Waals surface area contributed by atoms with Gasteiger partial charge in [0.25, 0.3) is 5.91 Å². The van der Waals surface area contributed by atoms with E-state index in [2.05, 4.69) is 37.2 Å². The molecule has 5 nitrogen and oxygen atoms in total. The molecule has 0 bridgehead atoms. The molecular weight excluding hydrogens is 356 g/mol. The van der Waals surface area contributed by atoms with Crippen molar-refractivity contribution in [2.24, 2.45) is 0 Å². The first-order valence-electron chi connectivity index (χ1n) is 5.11. The first kappa shape index (κ1) is 13.1. The topological polar surface area (TPSA) is 63.5 Å². The summed E-state index contributed by atoms with van der Waals surface area (Å²) in [6.07, 6.45) is 0.0728. The summed E-state index contributed by atoms with van der Waals surface area (Å²) in [5.41, 5.74) is 0.551. The molecule has 2 atom stereocenters. The number of halogens is 2. The Hall–Kier alpha value is -0.370. The van der Waals surface area contributed by atoms with E-state index in [1.807, 2.05) is 4.57 Å². The highest BCUT2D eigenvalue weighted by Crippen LogP contribution is 2.35. The standard InChI is InChI=1S/C10H12Br2N2O3/c1-17-10-6(2-3-15)14-7(9(16)13-10)4-5(11)8(14)12/h4,6,10,15H,2-3H2,1H3,(H,13,16)/t6-,10-/m1/s1. The molecule has 0 saturated carbocycles. The lowest BCUT2D eigenvalue weighted by atomic mass is 10.1. The first-order chi connectivity index (χ1) is 8.10. The Morgan fingerprint density at radius 1 is 1.59 bits per heavy atom. The van der Waals surface area contributed by atoms with Gasteiger partial charge >= 0.3 is 0 Å². The van der Waals surface area contributed by atoms with E-state index in [0.717, 1.165) is 9.08 Å². The molecule has 2 N–H and O–H groups in total. The molecule has 2 heterocycles. The zero-order valence-corrected chi connectivity index (χ0v) is 12.3. The maximum absolute atomic E-state index is 11.9. The zero-order chi connectivity index (χ0) is 12.6. The van der Waals surface area contributed by atoms with Crippen molar-refractivity contribution in [2.75, 3.05) is 13.7 Å². The lowest BCUT2D eigenvalue weighted by Gasteiger charge is -2.33. The van der Waals surface area contributed by atoms with Gasteiger partial charge in [0.2, 0.25) is 0 Å². The second-order valence-electron chi connectivity index (χ2n) is 3.75. The van der Waals surface area contributed by atoms with Crippen LogP contribution in [0.25, 0.3) is 0 Å². The van der Waals surface area contributed by atoms with Crippen LogP contribution < -0.4 is 5.32 Å². The number of aliphatic hydroxyl groups is 1. The van der Waals surface area contributed by atoms with Gasteiger partial charge in [-0.25, -0.2) is 0 Å². The number of carbonyl (C=O) groups is 1. The maximum atomic E-state index is 11.9. The van der Waals surface area contributed by atoms with Crippen molar-refractivity contribution in [3.63, 3.8) is 0 Å². The molecule has 0 radical (unpaired) electrons. The number of fused-ring (bicyclic) bond motifs is 1. The van der Waals surface area contributed by atoms with E-state index in [9.17, 15) is 4.79 Å². The summed E-state index contributed by atoms with van der Waals surface area (Å²) in [5, 5.41) is 11.9. The fourth-order valence-corrected chi connectivity index (χ4v) is 3.01.